The quantitative estimate of drug-likeness (QED) is 0.509. The van der Waals surface area contributed by atoms with Gasteiger partial charge in [0.25, 0.3) is 0 Å². The second-order valence-corrected chi connectivity index (χ2v) is 4.02. The van der Waals surface area contributed by atoms with Crippen LogP contribution in [0, 0.1) is 0 Å². The predicted octanol–water partition coefficient (Wildman–Crippen LogP) is 1.78. The van der Waals surface area contributed by atoms with Gasteiger partial charge in [0.05, 0.1) is 6.54 Å². The second-order valence-electron chi connectivity index (χ2n) is 4.02. The molecule has 0 saturated carbocycles. The first-order valence-electron chi connectivity index (χ1n) is 6.63. The molecule has 1 N–H and O–H groups in total. The SMILES string of the molecule is CCNC(=O)ON(CC)C(=O)C(=O)/C=C/c1ccccc1. The molecule has 0 aliphatic rings. The summed E-state index contributed by atoms with van der Waals surface area (Å²) in [7, 11) is 0. The van der Waals surface area contributed by atoms with Crippen molar-refractivity contribution in [3.63, 3.8) is 0 Å². The van der Waals surface area contributed by atoms with E-state index in [0.29, 0.717) is 6.54 Å². The Hall–Kier alpha value is -2.63. The average molecular weight is 290 g/mol. The molecule has 0 saturated heterocycles. The minimum absolute atomic E-state index is 0.0842. The van der Waals surface area contributed by atoms with E-state index in [2.05, 4.69) is 5.32 Å². The van der Waals surface area contributed by atoms with Gasteiger partial charge in [0.1, 0.15) is 0 Å². The summed E-state index contributed by atoms with van der Waals surface area (Å²) in [6, 6.07) is 9.10. The van der Waals surface area contributed by atoms with Crippen LogP contribution < -0.4 is 5.32 Å². The van der Waals surface area contributed by atoms with E-state index in [0.717, 1.165) is 16.7 Å². The summed E-state index contributed by atoms with van der Waals surface area (Å²) in [6.45, 7) is 3.77. The molecule has 0 spiro atoms. The minimum Gasteiger partial charge on any atom is -0.320 e. The molecule has 1 rings (SSSR count). The van der Waals surface area contributed by atoms with Crippen LogP contribution in [0.25, 0.3) is 6.08 Å². The fourth-order valence-corrected chi connectivity index (χ4v) is 1.46. The molecule has 0 atom stereocenters. The smallest absolute Gasteiger partial charge is 0.320 e. The van der Waals surface area contributed by atoms with E-state index in [4.69, 9.17) is 4.84 Å². The average Bonchev–Trinajstić information content (AvgIpc) is 2.51. The summed E-state index contributed by atoms with van der Waals surface area (Å²) in [5, 5.41) is 3.10. The van der Waals surface area contributed by atoms with E-state index < -0.39 is 17.8 Å². The van der Waals surface area contributed by atoms with Crippen LogP contribution in [0.15, 0.2) is 36.4 Å². The van der Waals surface area contributed by atoms with Crippen molar-refractivity contribution in [1.29, 1.82) is 0 Å². The minimum atomic E-state index is -0.893. The van der Waals surface area contributed by atoms with Gasteiger partial charge in [-0.3, -0.25) is 9.59 Å². The van der Waals surface area contributed by atoms with E-state index >= 15 is 0 Å². The van der Waals surface area contributed by atoms with Gasteiger partial charge in [-0.25, -0.2) is 4.79 Å². The normalized spacial score (nSPS) is 10.2. The number of rotatable bonds is 5. The lowest BCUT2D eigenvalue weighted by atomic mass is 10.2. The molecule has 1 aromatic rings. The molecular formula is C15H18N2O4. The second kappa shape index (κ2) is 8.52. The van der Waals surface area contributed by atoms with Crippen molar-refractivity contribution < 1.29 is 19.2 Å². The number of hydroxylamine groups is 2. The molecule has 112 valence electrons. The third kappa shape index (κ3) is 5.48. The largest absolute Gasteiger partial charge is 0.431 e. The van der Waals surface area contributed by atoms with E-state index in [1.54, 1.807) is 26.0 Å². The molecule has 2 amide bonds. The van der Waals surface area contributed by atoms with Crippen LogP contribution in [-0.2, 0) is 14.4 Å². The lowest BCUT2D eigenvalue weighted by molar-refractivity contribution is -0.168. The summed E-state index contributed by atoms with van der Waals surface area (Å²) in [5.74, 6) is -1.65. The van der Waals surface area contributed by atoms with Crippen molar-refractivity contribution in [2.45, 2.75) is 13.8 Å². The number of ketones is 1. The lowest BCUT2D eigenvalue weighted by Crippen LogP contribution is -2.40. The highest BCUT2D eigenvalue weighted by Gasteiger charge is 2.22. The fourth-order valence-electron chi connectivity index (χ4n) is 1.46. The summed E-state index contributed by atoms with van der Waals surface area (Å²) >= 11 is 0. The first-order valence-corrected chi connectivity index (χ1v) is 6.63. The zero-order valence-electron chi connectivity index (χ0n) is 12.0. The van der Waals surface area contributed by atoms with Gasteiger partial charge in [-0.1, -0.05) is 36.4 Å². The maximum atomic E-state index is 11.9. The Kier molecular flexibility index (Phi) is 6.67. The number of carbonyl (C=O) groups excluding carboxylic acids is 3. The van der Waals surface area contributed by atoms with Gasteiger partial charge in [0.2, 0.25) is 5.78 Å². The molecule has 0 heterocycles. The predicted molar refractivity (Wildman–Crippen MR) is 78.0 cm³/mol. The zero-order valence-corrected chi connectivity index (χ0v) is 12.0. The molecular weight excluding hydrogens is 272 g/mol. The third-order valence-electron chi connectivity index (χ3n) is 2.47. The molecule has 0 unspecified atom stereocenters. The van der Waals surface area contributed by atoms with Crippen molar-refractivity contribution in [2.75, 3.05) is 13.1 Å². The van der Waals surface area contributed by atoms with Gasteiger partial charge >= 0.3 is 12.0 Å². The maximum Gasteiger partial charge on any atom is 0.431 e. The third-order valence-corrected chi connectivity index (χ3v) is 2.47. The van der Waals surface area contributed by atoms with Crippen LogP contribution in [0.3, 0.4) is 0 Å². The van der Waals surface area contributed by atoms with Crippen molar-refractivity contribution in [2.24, 2.45) is 0 Å². The topological polar surface area (TPSA) is 75.7 Å². The van der Waals surface area contributed by atoms with Crippen LogP contribution in [0.2, 0.25) is 0 Å². The van der Waals surface area contributed by atoms with Crippen LogP contribution in [0.4, 0.5) is 4.79 Å². The Morgan fingerprint density at radius 1 is 1.19 bits per heavy atom. The van der Waals surface area contributed by atoms with Crippen molar-refractivity contribution >= 4 is 23.9 Å². The lowest BCUT2D eigenvalue weighted by Gasteiger charge is -2.17. The van der Waals surface area contributed by atoms with Gasteiger partial charge < -0.3 is 10.2 Å². The summed E-state index contributed by atoms with van der Waals surface area (Å²) in [6.07, 6.45) is 1.91. The first kappa shape index (κ1) is 16.4. The standard InChI is InChI=1S/C15H18N2O4/c1-3-16-15(20)21-17(4-2)14(19)13(18)11-10-12-8-6-5-7-9-12/h5-11H,3-4H2,1-2H3,(H,16,20)/b11-10+. The van der Waals surface area contributed by atoms with Crippen LogP contribution in [0.1, 0.15) is 19.4 Å². The van der Waals surface area contributed by atoms with Gasteiger partial charge in [-0.2, -0.15) is 5.06 Å². The molecule has 0 aliphatic heterocycles. The fraction of sp³-hybridized carbons (Fsp3) is 0.267. The Morgan fingerprint density at radius 2 is 1.86 bits per heavy atom. The molecule has 21 heavy (non-hydrogen) atoms. The summed E-state index contributed by atoms with van der Waals surface area (Å²) in [5.41, 5.74) is 0.798. The van der Waals surface area contributed by atoms with Crippen LogP contribution in [0.5, 0.6) is 0 Å². The molecule has 1 aromatic carbocycles. The highest BCUT2D eigenvalue weighted by Crippen LogP contribution is 2.02. The highest BCUT2D eigenvalue weighted by molar-refractivity contribution is 6.41. The maximum absolute atomic E-state index is 11.9. The number of nitrogens with one attached hydrogen (secondary N) is 1. The molecule has 0 aromatic heterocycles. The van der Waals surface area contributed by atoms with Crippen molar-refractivity contribution in [3.8, 4) is 0 Å². The number of hydrogen-bond acceptors (Lipinski definition) is 4. The van der Waals surface area contributed by atoms with Crippen LogP contribution >= 0.6 is 0 Å². The van der Waals surface area contributed by atoms with Gasteiger partial charge in [-0.05, 0) is 25.5 Å². The van der Waals surface area contributed by atoms with Gasteiger partial charge in [0, 0.05) is 6.54 Å². The van der Waals surface area contributed by atoms with Crippen LogP contribution in [-0.4, -0.2) is 35.9 Å². The van der Waals surface area contributed by atoms with Crippen molar-refractivity contribution in [1.82, 2.24) is 10.4 Å². The van der Waals surface area contributed by atoms with Gasteiger partial charge in [0.15, 0.2) is 0 Å². The molecule has 0 aliphatic carbocycles. The Morgan fingerprint density at radius 3 is 2.43 bits per heavy atom. The number of likely N-dealkylation sites (N-methyl/N-ethyl adjacent to an activating group) is 1. The Balaban J connectivity index is 2.65. The molecule has 6 nitrogen and oxygen atoms in total. The Bertz CT molecular complexity index is 526. The zero-order chi connectivity index (χ0) is 15.7. The van der Waals surface area contributed by atoms with Gasteiger partial charge in [-0.15, -0.1) is 0 Å². The molecule has 0 radical (unpaired) electrons. The highest BCUT2D eigenvalue weighted by atomic mass is 16.7. The summed E-state index contributed by atoms with van der Waals surface area (Å²) in [4.78, 5) is 39.6. The number of carbonyl (C=O) groups is 3. The monoisotopic (exact) mass is 290 g/mol. The first-order chi connectivity index (χ1) is 10.1. The number of hydrogen-bond donors (Lipinski definition) is 1. The molecule has 0 fully saturated rings. The van der Waals surface area contributed by atoms with E-state index in [1.807, 2.05) is 18.2 Å². The number of benzene rings is 1. The van der Waals surface area contributed by atoms with E-state index in [-0.39, 0.29) is 6.54 Å². The molecule has 0 bridgehead atoms. The number of amides is 2. The Labute approximate surface area is 123 Å². The van der Waals surface area contributed by atoms with Crippen molar-refractivity contribution in [3.05, 3.63) is 42.0 Å². The van der Waals surface area contributed by atoms with E-state index in [9.17, 15) is 14.4 Å². The summed E-state index contributed by atoms with van der Waals surface area (Å²) < 4.78 is 0. The molecule has 6 heteroatoms. The number of nitrogens with zero attached hydrogens (tertiary/aromatic N) is 1. The van der Waals surface area contributed by atoms with E-state index in [1.165, 1.54) is 6.08 Å².